The van der Waals surface area contributed by atoms with Gasteiger partial charge in [-0.15, -0.1) is 0 Å². The second-order valence-corrected chi connectivity index (χ2v) is 10.6. The van der Waals surface area contributed by atoms with Crippen molar-refractivity contribution in [1.29, 1.82) is 0 Å². The first-order valence-electron chi connectivity index (χ1n) is 10.7. The van der Waals surface area contributed by atoms with Crippen molar-refractivity contribution >= 4 is 23.8 Å². The quantitative estimate of drug-likeness (QED) is 0.193. The molecule has 3 aromatic rings. The summed E-state index contributed by atoms with van der Waals surface area (Å²) < 4.78 is 177. The van der Waals surface area contributed by atoms with Crippen molar-refractivity contribution in [2.75, 3.05) is 0 Å². The molecule has 0 saturated carbocycles. The van der Waals surface area contributed by atoms with E-state index < -0.39 is 55.7 Å². The Kier molecular flexibility index (Phi) is 8.11. The zero-order valence-electron chi connectivity index (χ0n) is 19.2. The monoisotopic (exact) mass is 594 g/mol. The molecule has 0 aliphatic rings. The smallest absolute Gasteiger partial charge is 0.198 e. The molecular formula is C25H16F13P. The van der Waals surface area contributed by atoms with Crippen LogP contribution in [0, 0.1) is 5.41 Å². The van der Waals surface area contributed by atoms with Gasteiger partial charge >= 0.3 is 30.4 Å². The third-order valence-corrected chi connectivity index (χ3v) is 8.39. The summed E-state index contributed by atoms with van der Waals surface area (Å²) in [5, 5.41) is 1.73. The van der Waals surface area contributed by atoms with Gasteiger partial charge in [-0.25, -0.2) is 0 Å². The fourth-order valence-corrected chi connectivity index (χ4v) is 6.23. The van der Waals surface area contributed by atoms with Crippen LogP contribution < -0.4 is 15.9 Å². The third-order valence-electron chi connectivity index (χ3n) is 5.95. The molecule has 0 radical (unpaired) electrons. The van der Waals surface area contributed by atoms with Crippen LogP contribution in [0.2, 0.25) is 0 Å². The fourth-order valence-electron chi connectivity index (χ4n) is 3.94. The van der Waals surface area contributed by atoms with E-state index in [-0.39, 0.29) is 0 Å². The van der Waals surface area contributed by atoms with E-state index in [1.54, 1.807) is 60.7 Å². The van der Waals surface area contributed by atoms with Gasteiger partial charge in [-0.3, -0.25) is 0 Å². The molecule has 0 bridgehead atoms. The summed E-state index contributed by atoms with van der Waals surface area (Å²) in [7, 11) is -1.45. The first kappa shape index (κ1) is 30.7. The average Bonchev–Trinajstić information content (AvgIpc) is 2.82. The molecule has 0 unspecified atom stereocenters. The molecule has 212 valence electrons. The third kappa shape index (κ3) is 5.34. The van der Waals surface area contributed by atoms with Crippen molar-refractivity contribution in [2.24, 2.45) is 5.41 Å². The predicted octanol–water partition coefficient (Wildman–Crippen LogP) is 7.93. The van der Waals surface area contributed by atoms with Crippen molar-refractivity contribution in [2.45, 2.75) is 36.8 Å². The second kappa shape index (κ2) is 10.3. The molecule has 0 atom stereocenters. The van der Waals surface area contributed by atoms with Gasteiger partial charge < -0.3 is 0 Å². The van der Waals surface area contributed by atoms with Crippen molar-refractivity contribution in [3.8, 4) is 0 Å². The molecule has 14 heteroatoms. The lowest BCUT2D eigenvalue weighted by Gasteiger charge is -2.45. The van der Waals surface area contributed by atoms with Crippen molar-refractivity contribution < 1.29 is 57.1 Å². The van der Waals surface area contributed by atoms with Crippen LogP contribution in [-0.2, 0) is 6.42 Å². The van der Waals surface area contributed by atoms with Crippen LogP contribution in [0.3, 0.4) is 0 Å². The minimum absolute atomic E-state index is 0.336. The molecule has 39 heavy (non-hydrogen) atoms. The first-order valence-corrected chi connectivity index (χ1v) is 12.1. The van der Waals surface area contributed by atoms with Gasteiger partial charge in [0.25, 0.3) is 0 Å². The highest BCUT2D eigenvalue weighted by Crippen LogP contribution is 2.66. The molecular weight excluding hydrogens is 578 g/mol. The van der Waals surface area contributed by atoms with E-state index in [0.717, 1.165) is 12.1 Å². The lowest BCUT2D eigenvalue weighted by Crippen LogP contribution is -2.71. The number of halogens is 13. The van der Waals surface area contributed by atoms with Gasteiger partial charge in [0.1, 0.15) is 0 Å². The molecule has 0 saturated heterocycles. The SMILES string of the molecule is FC(F)(F)C(F)(F)C(F)(F)C(Cc1ccc(P(c2ccccc2)c2ccccc2)cc1)(C(F)(F)F)C(F)(F)F. The number of alkyl halides is 13. The lowest BCUT2D eigenvalue weighted by atomic mass is 9.71. The number of benzene rings is 3. The molecule has 0 N–H and O–H groups in total. The summed E-state index contributed by atoms with van der Waals surface area (Å²) in [4.78, 5) is 0. The minimum Gasteiger partial charge on any atom is -0.198 e. The van der Waals surface area contributed by atoms with Crippen LogP contribution >= 0.6 is 7.92 Å². The van der Waals surface area contributed by atoms with Gasteiger partial charge in [0, 0.05) is 6.42 Å². The molecule has 0 aliphatic heterocycles. The Morgan fingerprint density at radius 1 is 0.410 bits per heavy atom. The summed E-state index contributed by atoms with van der Waals surface area (Å²) in [6.45, 7) is 0. The predicted molar refractivity (Wildman–Crippen MR) is 119 cm³/mol. The highest BCUT2D eigenvalue weighted by molar-refractivity contribution is 7.79. The second-order valence-electron chi connectivity index (χ2n) is 8.40. The zero-order chi connectivity index (χ0) is 29.5. The van der Waals surface area contributed by atoms with Gasteiger partial charge in [0.05, 0.1) is 0 Å². The molecule has 0 fully saturated rings. The molecule has 0 aliphatic carbocycles. The lowest BCUT2D eigenvalue weighted by molar-refractivity contribution is -0.460. The Hall–Kier alpha value is -2.82. The summed E-state index contributed by atoms with van der Waals surface area (Å²) in [5.74, 6) is -15.3. The highest BCUT2D eigenvalue weighted by atomic mass is 31.1. The Morgan fingerprint density at radius 2 is 0.769 bits per heavy atom. The maximum absolute atomic E-state index is 14.4. The normalized spacial score (nSPS) is 14.1. The maximum Gasteiger partial charge on any atom is 0.459 e. The molecule has 0 amide bonds. The molecule has 0 spiro atoms. The minimum atomic E-state index is -7.67. The molecule has 3 rings (SSSR count). The maximum atomic E-state index is 14.4. The van der Waals surface area contributed by atoms with E-state index in [4.69, 9.17) is 0 Å². The topological polar surface area (TPSA) is 0 Å². The Balaban J connectivity index is 2.16. The van der Waals surface area contributed by atoms with Crippen LogP contribution in [0.1, 0.15) is 5.56 Å². The summed E-state index contributed by atoms with van der Waals surface area (Å²) in [6, 6.07) is 20.1. The summed E-state index contributed by atoms with van der Waals surface area (Å²) >= 11 is 0. The van der Waals surface area contributed by atoms with E-state index in [0.29, 0.717) is 28.0 Å². The van der Waals surface area contributed by atoms with Gasteiger partial charge in [-0.2, -0.15) is 57.1 Å². The first-order chi connectivity index (χ1) is 17.8. The van der Waals surface area contributed by atoms with Crippen molar-refractivity contribution in [3.63, 3.8) is 0 Å². The van der Waals surface area contributed by atoms with E-state index in [1.165, 1.54) is 0 Å². The van der Waals surface area contributed by atoms with E-state index in [1.807, 2.05) is 0 Å². The molecule has 0 heterocycles. The van der Waals surface area contributed by atoms with Gasteiger partial charge in [-0.1, -0.05) is 84.9 Å². The standard InChI is InChI=1S/C25H16F13P/c26-21(27,22(28,29)25(36,37)38)20(23(30,31)32,24(33,34)35)15-16-11-13-19(14-12-16)39(17-7-3-1-4-8-17)18-9-5-2-6-10-18/h1-14H,15H2. The van der Waals surface area contributed by atoms with Crippen LogP contribution in [0.4, 0.5) is 57.1 Å². The number of hydrogen-bond acceptors (Lipinski definition) is 0. The van der Waals surface area contributed by atoms with Crippen LogP contribution in [0.5, 0.6) is 0 Å². The largest absolute Gasteiger partial charge is 0.459 e. The van der Waals surface area contributed by atoms with Crippen molar-refractivity contribution in [3.05, 3.63) is 90.5 Å². The zero-order valence-corrected chi connectivity index (χ0v) is 20.0. The fraction of sp³-hybridized carbons (Fsp3) is 0.280. The highest BCUT2D eigenvalue weighted by Gasteiger charge is 2.91. The number of rotatable bonds is 7. The van der Waals surface area contributed by atoms with Gasteiger partial charge in [-0.05, 0) is 29.4 Å². The van der Waals surface area contributed by atoms with E-state index in [2.05, 4.69) is 0 Å². The molecule has 0 nitrogen and oxygen atoms in total. The van der Waals surface area contributed by atoms with Gasteiger partial charge in [0.2, 0.25) is 5.41 Å². The van der Waals surface area contributed by atoms with Crippen LogP contribution in [0.25, 0.3) is 0 Å². The average molecular weight is 594 g/mol. The Labute approximate surface area is 214 Å². The van der Waals surface area contributed by atoms with Crippen molar-refractivity contribution in [1.82, 2.24) is 0 Å². The number of hydrogen-bond donors (Lipinski definition) is 0. The summed E-state index contributed by atoms with van der Waals surface area (Å²) in [6.07, 6.45) is -24.9. The molecule has 3 aromatic carbocycles. The van der Waals surface area contributed by atoms with Gasteiger partial charge in [0.15, 0.2) is 0 Å². The van der Waals surface area contributed by atoms with E-state index in [9.17, 15) is 57.1 Å². The molecule has 0 aromatic heterocycles. The van der Waals surface area contributed by atoms with E-state index >= 15 is 0 Å². The summed E-state index contributed by atoms with van der Waals surface area (Å²) in [5.41, 5.74) is -7.95. The Morgan fingerprint density at radius 3 is 1.10 bits per heavy atom. The Bertz CT molecular complexity index is 1180. The van der Waals surface area contributed by atoms with Crippen LogP contribution in [0.15, 0.2) is 84.9 Å². The van der Waals surface area contributed by atoms with Crippen LogP contribution in [-0.4, -0.2) is 30.4 Å².